The Hall–Kier alpha value is -2.40. The monoisotopic (exact) mass is 356 g/mol. The number of ether oxygens (including phenoxy) is 1. The summed E-state index contributed by atoms with van der Waals surface area (Å²) in [6.07, 6.45) is 1.37. The highest BCUT2D eigenvalue weighted by Gasteiger charge is 2.28. The lowest BCUT2D eigenvalue weighted by molar-refractivity contribution is 0.245. The third-order valence-corrected chi connectivity index (χ3v) is 4.26. The summed E-state index contributed by atoms with van der Waals surface area (Å²) in [5.41, 5.74) is 3.37. The second-order valence-corrected chi connectivity index (χ2v) is 6.05. The molecule has 4 rings (SSSR count). The summed E-state index contributed by atoms with van der Waals surface area (Å²) < 4.78 is 7.19. The van der Waals surface area contributed by atoms with Crippen LogP contribution in [0.5, 0.6) is 11.6 Å². The molecule has 0 aliphatic carbocycles. The molecule has 1 unspecified atom stereocenters. The predicted molar refractivity (Wildman–Crippen MR) is 88.8 cm³/mol. The molecule has 1 aromatic heterocycles. The van der Waals surface area contributed by atoms with E-state index in [4.69, 9.17) is 4.74 Å². The van der Waals surface area contributed by atoms with E-state index >= 15 is 0 Å². The molecule has 0 bridgehead atoms. The Kier molecular flexibility index (Phi) is 3.08. The molecule has 1 atom stereocenters. The molecule has 110 valence electrons. The summed E-state index contributed by atoms with van der Waals surface area (Å²) in [6, 6.07) is 15.6. The number of aromatic hydroxyl groups is 1. The molecular formula is C17H13BrN2O2. The van der Waals surface area contributed by atoms with Crippen LogP contribution in [0.4, 0.5) is 11.4 Å². The summed E-state index contributed by atoms with van der Waals surface area (Å²) in [4.78, 5) is 2.85. The number of aromatic amines is 1. The maximum absolute atomic E-state index is 10.2. The van der Waals surface area contributed by atoms with Crippen LogP contribution in [-0.4, -0.2) is 10.1 Å². The van der Waals surface area contributed by atoms with Crippen LogP contribution in [-0.2, 0) is 0 Å². The minimum absolute atomic E-state index is 0.114. The van der Waals surface area contributed by atoms with Crippen molar-refractivity contribution in [3.8, 4) is 11.6 Å². The van der Waals surface area contributed by atoms with E-state index in [1.165, 1.54) is 0 Å². The van der Waals surface area contributed by atoms with Gasteiger partial charge >= 0.3 is 0 Å². The summed E-state index contributed by atoms with van der Waals surface area (Å²) in [5, 5.41) is 13.5. The number of rotatable bonds is 1. The lowest BCUT2D eigenvalue weighted by Gasteiger charge is -2.18. The topological polar surface area (TPSA) is 57.3 Å². The van der Waals surface area contributed by atoms with Crippen molar-refractivity contribution in [2.45, 2.75) is 6.10 Å². The van der Waals surface area contributed by atoms with Crippen LogP contribution in [0.2, 0.25) is 0 Å². The zero-order valence-electron chi connectivity index (χ0n) is 11.5. The van der Waals surface area contributed by atoms with E-state index in [1.54, 1.807) is 6.20 Å². The molecule has 22 heavy (non-hydrogen) atoms. The number of benzene rings is 2. The molecule has 3 aromatic rings. The van der Waals surface area contributed by atoms with Crippen molar-refractivity contribution in [2.24, 2.45) is 0 Å². The molecule has 2 aromatic carbocycles. The van der Waals surface area contributed by atoms with Gasteiger partial charge in [-0.1, -0.05) is 40.2 Å². The first-order valence-electron chi connectivity index (χ1n) is 6.91. The third kappa shape index (κ3) is 2.14. The zero-order valence-corrected chi connectivity index (χ0v) is 13.1. The second-order valence-electron chi connectivity index (χ2n) is 5.14. The van der Waals surface area contributed by atoms with Crippen LogP contribution in [0.3, 0.4) is 0 Å². The molecule has 0 saturated heterocycles. The molecule has 5 heteroatoms. The minimum atomic E-state index is -0.384. The fourth-order valence-electron chi connectivity index (χ4n) is 2.67. The largest absolute Gasteiger partial charge is 0.494 e. The number of anilines is 2. The average molecular weight is 357 g/mol. The van der Waals surface area contributed by atoms with Gasteiger partial charge < -0.3 is 20.1 Å². The standard InChI is InChI=1S/C17H13BrN2O2/c18-11-7-5-10(6-8-11)16-15-13(9-19-17(15)21)20-12-3-1-2-4-14(12)22-16/h1-9,16,19-21H. The number of H-pyrrole nitrogens is 1. The summed E-state index contributed by atoms with van der Waals surface area (Å²) in [7, 11) is 0. The van der Waals surface area contributed by atoms with E-state index in [0.717, 1.165) is 27.2 Å². The maximum Gasteiger partial charge on any atom is 0.197 e. The molecule has 1 aliphatic heterocycles. The summed E-state index contributed by atoms with van der Waals surface area (Å²) in [5.74, 6) is 0.870. The fraction of sp³-hybridized carbons (Fsp3) is 0.0588. The smallest absolute Gasteiger partial charge is 0.197 e. The van der Waals surface area contributed by atoms with Crippen LogP contribution in [0.1, 0.15) is 17.2 Å². The second kappa shape index (κ2) is 5.10. The van der Waals surface area contributed by atoms with Crippen molar-refractivity contribution in [3.63, 3.8) is 0 Å². The van der Waals surface area contributed by atoms with Gasteiger partial charge in [0, 0.05) is 10.7 Å². The molecule has 0 amide bonds. The average Bonchev–Trinajstić information content (AvgIpc) is 2.79. The van der Waals surface area contributed by atoms with Crippen molar-refractivity contribution < 1.29 is 9.84 Å². The van der Waals surface area contributed by atoms with E-state index in [1.807, 2.05) is 48.5 Å². The van der Waals surface area contributed by atoms with Gasteiger partial charge in [0.05, 0.1) is 16.9 Å². The Bertz CT molecular complexity index is 827. The molecule has 0 saturated carbocycles. The van der Waals surface area contributed by atoms with Crippen molar-refractivity contribution in [1.29, 1.82) is 0 Å². The van der Waals surface area contributed by atoms with Crippen LogP contribution < -0.4 is 10.1 Å². The van der Waals surface area contributed by atoms with E-state index in [2.05, 4.69) is 26.2 Å². The highest BCUT2D eigenvalue weighted by atomic mass is 79.9. The van der Waals surface area contributed by atoms with Crippen LogP contribution in [0, 0.1) is 0 Å². The minimum Gasteiger partial charge on any atom is -0.494 e. The molecule has 3 N–H and O–H groups in total. The van der Waals surface area contributed by atoms with Gasteiger partial charge in [-0.25, -0.2) is 0 Å². The highest BCUT2D eigenvalue weighted by Crippen LogP contribution is 2.44. The number of para-hydroxylation sites is 2. The van der Waals surface area contributed by atoms with Crippen LogP contribution >= 0.6 is 15.9 Å². The molecular weight excluding hydrogens is 344 g/mol. The van der Waals surface area contributed by atoms with Gasteiger partial charge in [0.1, 0.15) is 5.75 Å². The Morgan fingerprint density at radius 1 is 1.00 bits per heavy atom. The fourth-order valence-corrected chi connectivity index (χ4v) is 2.93. The first kappa shape index (κ1) is 13.3. The van der Waals surface area contributed by atoms with Gasteiger partial charge in [0.2, 0.25) is 0 Å². The molecule has 0 radical (unpaired) electrons. The number of hydrogen-bond donors (Lipinski definition) is 3. The van der Waals surface area contributed by atoms with Gasteiger partial charge in [-0.2, -0.15) is 0 Å². The van der Waals surface area contributed by atoms with Gasteiger partial charge in [-0.15, -0.1) is 0 Å². The number of aromatic nitrogens is 1. The normalized spacial score (nSPS) is 16.0. The lowest BCUT2D eigenvalue weighted by Crippen LogP contribution is -2.08. The van der Waals surface area contributed by atoms with E-state index < -0.39 is 0 Å². The van der Waals surface area contributed by atoms with Crippen molar-refractivity contribution in [3.05, 3.63) is 70.3 Å². The van der Waals surface area contributed by atoms with Crippen molar-refractivity contribution >= 4 is 27.3 Å². The third-order valence-electron chi connectivity index (χ3n) is 3.73. The Labute approximate surface area is 135 Å². The summed E-state index contributed by atoms with van der Waals surface area (Å²) in [6.45, 7) is 0. The first-order valence-corrected chi connectivity index (χ1v) is 7.70. The molecule has 2 heterocycles. The highest BCUT2D eigenvalue weighted by molar-refractivity contribution is 9.10. The lowest BCUT2D eigenvalue weighted by atomic mass is 10.0. The molecule has 1 aliphatic rings. The quantitative estimate of drug-likeness (QED) is 0.591. The number of halogens is 1. The summed E-state index contributed by atoms with van der Waals surface area (Å²) >= 11 is 3.44. The maximum atomic E-state index is 10.2. The SMILES string of the molecule is Oc1[nH]cc2c1C(c1ccc(Br)cc1)Oc1ccccc1N2. The molecule has 0 fully saturated rings. The van der Waals surface area contributed by atoms with Crippen molar-refractivity contribution in [1.82, 2.24) is 4.98 Å². The molecule has 0 spiro atoms. The van der Waals surface area contributed by atoms with Crippen LogP contribution in [0.15, 0.2) is 59.2 Å². The Balaban J connectivity index is 1.89. The Morgan fingerprint density at radius 2 is 1.77 bits per heavy atom. The van der Waals surface area contributed by atoms with Gasteiger partial charge in [-0.3, -0.25) is 0 Å². The van der Waals surface area contributed by atoms with Gasteiger partial charge in [0.15, 0.2) is 12.0 Å². The number of hydrogen-bond acceptors (Lipinski definition) is 3. The number of nitrogens with one attached hydrogen (secondary N) is 2. The van der Waals surface area contributed by atoms with E-state index in [-0.39, 0.29) is 12.0 Å². The Morgan fingerprint density at radius 3 is 2.59 bits per heavy atom. The first-order chi connectivity index (χ1) is 10.7. The zero-order chi connectivity index (χ0) is 15.1. The van der Waals surface area contributed by atoms with Crippen LogP contribution in [0.25, 0.3) is 0 Å². The number of fused-ring (bicyclic) bond motifs is 2. The van der Waals surface area contributed by atoms with Crippen molar-refractivity contribution in [2.75, 3.05) is 5.32 Å². The van der Waals surface area contributed by atoms with Gasteiger partial charge in [-0.05, 0) is 29.8 Å². The molecule has 4 nitrogen and oxygen atoms in total. The van der Waals surface area contributed by atoms with E-state index in [0.29, 0.717) is 5.56 Å². The predicted octanol–water partition coefficient (Wildman–Crippen LogP) is 4.71. The van der Waals surface area contributed by atoms with E-state index in [9.17, 15) is 5.11 Å². The van der Waals surface area contributed by atoms with Gasteiger partial charge in [0.25, 0.3) is 0 Å².